The molecule has 2 atom stereocenters. The third kappa shape index (κ3) is 4.20. The van der Waals surface area contributed by atoms with Crippen molar-refractivity contribution < 1.29 is 24.6 Å². The molecule has 108 valence electrons. The van der Waals surface area contributed by atoms with Crippen molar-refractivity contribution in [2.24, 2.45) is 5.92 Å². The SMILES string of the molecule is CC(C)N1CC(C(=O)NCC[C@H](O)C(=O)O)CC1=O. The smallest absolute Gasteiger partial charge is 0.332 e. The van der Waals surface area contributed by atoms with Crippen molar-refractivity contribution in [3.8, 4) is 0 Å². The van der Waals surface area contributed by atoms with Crippen LogP contribution in [0.1, 0.15) is 26.7 Å². The Hall–Kier alpha value is -1.63. The molecule has 0 saturated carbocycles. The minimum atomic E-state index is -1.47. The maximum Gasteiger partial charge on any atom is 0.332 e. The molecule has 0 spiro atoms. The molecule has 0 bridgehead atoms. The van der Waals surface area contributed by atoms with Gasteiger partial charge in [-0.05, 0) is 13.8 Å². The number of likely N-dealkylation sites (tertiary alicyclic amines) is 1. The number of carbonyl (C=O) groups excluding carboxylic acids is 2. The first-order chi connectivity index (χ1) is 8.82. The molecule has 19 heavy (non-hydrogen) atoms. The Balaban J connectivity index is 2.35. The molecule has 0 radical (unpaired) electrons. The van der Waals surface area contributed by atoms with Crippen LogP contribution in [0.5, 0.6) is 0 Å². The summed E-state index contributed by atoms with van der Waals surface area (Å²) in [5.41, 5.74) is 0. The van der Waals surface area contributed by atoms with Gasteiger partial charge in [-0.2, -0.15) is 0 Å². The number of carboxylic acids is 1. The summed E-state index contributed by atoms with van der Waals surface area (Å²) in [4.78, 5) is 35.4. The highest BCUT2D eigenvalue weighted by atomic mass is 16.4. The number of amides is 2. The number of aliphatic hydroxyl groups is 1. The summed E-state index contributed by atoms with van der Waals surface area (Å²) in [5, 5.41) is 20.1. The molecule has 0 aromatic carbocycles. The normalized spacial score (nSPS) is 20.7. The van der Waals surface area contributed by atoms with Gasteiger partial charge in [0.15, 0.2) is 6.10 Å². The van der Waals surface area contributed by atoms with Crippen LogP contribution < -0.4 is 5.32 Å². The summed E-state index contributed by atoms with van der Waals surface area (Å²) < 4.78 is 0. The summed E-state index contributed by atoms with van der Waals surface area (Å²) in [5.74, 6) is -2.01. The van der Waals surface area contributed by atoms with E-state index in [4.69, 9.17) is 10.2 Å². The zero-order valence-electron chi connectivity index (χ0n) is 11.1. The summed E-state index contributed by atoms with van der Waals surface area (Å²) in [7, 11) is 0. The predicted octanol–water partition coefficient (Wildman–Crippen LogP) is -0.805. The first-order valence-corrected chi connectivity index (χ1v) is 6.31. The number of aliphatic carboxylic acids is 1. The van der Waals surface area contributed by atoms with E-state index in [2.05, 4.69) is 5.32 Å². The molecule has 1 rings (SSSR count). The van der Waals surface area contributed by atoms with E-state index in [-0.39, 0.29) is 37.2 Å². The van der Waals surface area contributed by atoms with Gasteiger partial charge < -0.3 is 20.4 Å². The van der Waals surface area contributed by atoms with Gasteiger partial charge >= 0.3 is 5.97 Å². The number of hydrogen-bond donors (Lipinski definition) is 3. The van der Waals surface area contributed by atoms with Crippen LogP contribution in [-0.2, 0) is 14.4 Å². The summed E-state index contributed by atoms with van der Waals surface area (Å²) >= 11 is 0. The van der Waals surface area contributed by atoms with E-state index in [1.54, 1.807) is 4.90 Å². The van der Waals surface area contributed by atoms with Gasteiger partial charge in [-0.15, -0.1) is 0 Å². The van der Waals surface area contributed by atoms with E-state index in [0.29, 0.717) is 6.54 Å². The fraction of sp³-hybridized carbons (Fsp3) is 0.750. The van der Waals surface area contributed by atoms with Gasteiger partial charge in [0, 0.05) is 32.0 Å². The maximum atomic E-state index is 11.8. The molecule has 1 aliphatic heterocycles. The van der Waals surface area contributed by atoms with Crippen LogP contribution in [0.25, 0.3) is 0 Å². The summed E-state index contributed by atoms with van der Waals surface area (Å²) in [6.07, 6.45) is -1.33. The number of aliphatic hydroxyl groups excluding tert-OH is 1. The van der Waals surface area contributed by atoms with Crippen molar-refractivity contribution in [2.75, 3.05) is 13.1 Å². The molecule has 7 nitrogen and oxygen atoms in total. The Morgan fingerprint density at radius 2 is 2.11 bits per heavy atom. The van der Waals surface area contributed by atoms with Crippen LogP contribution in [0, 0.1) is 5.92 Å². The second-order valence-corrected chi connectivity index (χ2v) is 4.97. The molecular formula is C12H20N2O5. The fourth-order valence-corrected chi connectivity index (χ4v) is 2.01. The van der Waals surface area contributed by atoms with E-state index in [1.807, 2.05) is 13.8 Å². The lowest BCUT2D eigenvalue weighted by molar-refractivity contribution is -0.147. The highest BCUT2D eigenvalue weighted by Gasteiger charge is 2.35. The number of carboxylic acid groups (broad SMARTS) is 1. The van der Waals surface area contributed by atoms with Crippen molar-refractivity contribution in [2.45, 2.75) is 38.8 Å². The predicted molar refractivity (Wildman–Crippen MR) is 66.2 cm³/mol. The first kappa shape index (κ1) is 15.4. The van der Waals surface area contributed by atoms with Crippen LogP contribution in [0.4, 0.5) is 0 Å². The Bertz CT molecular complexity index is 369. The minimum absolute atomic E-state index is 0.0410. The number of nitrogens with zero attached hydrogens (tertiary/aromatic N) is 1. The zero-order chi connectivity index (χ0) is 14.6. The monoisotopic (exact) mass is 272 g/mol. The van der Waals surface area contributed by atoms with Gasteiger partial charge in [-0.3, -0.25) is 9.59 Å². The lowest BCUT2D eigenvalue weighted by Gasteiger charge is -2.20. The zero-order valence-corrected chi connectivity index (χ0v) is 11.1. The van der Waals surface area contributed by atoms with Gasteiger partial charge in [-0.1, -0.05) is 0 Å². The quantitative estimate of drug-likeness (QED) is 0.586. The molecular weight excluding hydrogens is 252 g/mol. The first-order valence-electron chi connectivity index (χ1n) is 6.31. The van der Waals surface area contributed by atoms with Gasteiger partial charge in [0.25, 0.3) is 0 Å². The van der Waals surface area contributed by atoms with Crippen LogP contribution in [0.3, 0.4) is 0 Å². The molecule has 7 heteroatoms. The summed E-state index contributed by atoms with van der Waals surface area (Å²) in [6, 6.07) is 0.0686. The van der Waals surface area contributed by atoms with Gasteiger partial charge in [0.1, 0.15) is 0 Å². The molecule has 1 aliphatic rings. The lowest BCUT2D eigenvalue weighted by Crippen LogP contribution is -2.37. The minimum Gasteiger partial charge on any atom is -0.479 e. The molecule has 2 amide bonds. The van der Waals surface area contributed by atoms with Crippen LogP contribution in [0.15, 0.2) is 0 Å². The van der Waals surface area contributed by atoms with Crippen LogP contribution >= 0.6 is 0 Å². The number of nitrogens with one attached hydrogen (secondary N) is 1. The van der Waals surface area contributed by atoms with Crippen LogP contribution in [-0.4, -0.2) is 58.1 Å². The van der Waals surface area contributed by atoms with E-state index < -0.39 is 18.0 Å². The fourth-order valence-electron chi connectivity index (χ4n) is 2.01. The lowest BCUT2D eigenvalue weighted by atomic mass is 10.1. The van der Waals surface area contributed by atoms with E-state index >= 15 is 0 Å². The Morgan fingerprint density at radius 1 is 1.47 bits per heavy atom. The Kier molecular flexibility index (Phi) is 5.29. The Morgan fingerprint density at radius 3 is 2.58 bits per heavy atom. The average molecular weight is 272 g/mol. The third-order valence-electron chi connectivity index (χ3n) is 3.15. The van der Waals surface area contributed by atoms with Gasteiger partial charge in [-0.25, -0.2) is 4.79 Å². The van der Waals surface area contributed by atoms with Crippen molar-refractivity contribution in [3.05, 3.63) is 0 Å². The maximum absolute atomic E-state index is 11.8. The largest absolute Gasteiger partial charge is 0.479 e. The average Bonchev–Trinajstić information content (AvgIpc) is 2.71. The molecule has 0 aromatic rings. The van der Waals surface area contributed by atoms with E-state index in [0.717, 1.165) is 0 Å². The van der Waals surface area contributed by atoms with Crippen LogP contribution in [0.2, 0.25) is 0 Å². The molecule has 0 aliphatic carbocycles. The van der Waals surface area contributed by atoms with Crippen molar-refractivity contribution in [1.29, 1.82) is 0 Å². The van der Waals surface area contributed by atoms with Crippen molar-refractivity contribution in [1.82, 2.24) is 10.2 Å². The summed E-state index contributed by atoms with van der Waals surface area (Å²) in [6.45, 7) is 4.26. The molecule has 1 heterocycles. The molecule has 0 aromatic heterocycles. The topological polar surface area (TPSA) is 107 Å². The highest BCUT2D eigenvalue weighted by molar-refractivity contribution is 5.89. The third-order valence-corrected chi connectivity index (χ3v) is 3.15. The van der Waals surface area contributed by atoms with Gasteiger partial charge in [0.05, 0.1) is 5.92 Å². The standard InChI is InChI=1S/C12H20N2O5/c1-7(2)14-6-8(5-10(14)16)11(17)13-4-3-9(15)12(18)19/h7-9,15H,3-6H2,1-2H3,(H,13,17)(H,18,19)/t8?,9-/m0/s1. The highest BCUT2D eigenvalue weighted by Crippen LogP contribution is 2.20. The molecule has 1 saturated heterocycles. The second kappa shape index (κ2) is 6.51. The second-order valence-electron chi connectivity index (χ2n) is 4.97. The number of hydrogen-bond acceptors (Lipinski definition) is 4. The molecule has 1 unspecified atom stereocenters. The van der Waals surface area contributed by atoms with Crippen molar-refractivity contribution in [3.63, 3.8) is 0 Å². The number of rotatable bonds is 6. The van der Waals surface area contributed by atoms with E-state index in [9.17, 15) is 14.4 Å². The number of carbonyl (C=O) groups is 3. The van der Waals surface area contributed by atoms with Gasteiger partial charge in [0.2, 0.25) is 11.8 Å². The van der Waals surface area contributed by atoms with E-state index in [1.165, 1.54) is 0 Å². The van der Waals surface area contributed by atoms with Crippen molar-refractivity contribution >= 4 is 17.8 Å². The molecule has 3 N–H and O–H groups in total. The Labute approximate surface area is 111 Å². The molecule has 1 fully saturated rings.